The van der Waals surface area contributed by atoms with Crippen molar-refractivity contribution >= 4 is 17.3 Å². The Morgan fingerprint density at radius 2 is 1.83 bits per heavy atom. The van der Waals surface area contributed by atoms with E-state index < -0.39 is 5.82 Å². The van der Waals surface area contributed by atoms with E-state index in [0.717, 1.165) is 5.56 Å². The standard InChI is InChI=1S/C14H13FN2O/c1-9-2-4-10(5-3-9)14(18)17-13-7-6-11(16)8-12(13)15/h2-8H,16H2,1H3,(H,17,18). The van der Waals surface area contributed by atoms with E-state index in [9.17, 15) is 9.18 Å². The molecule has 0 aromatic heterocycles. The minimum absolute atomic E-state index is 0.120. The van der Waals surface area contributed by atoms with Crippen LogP contribution in [0.2, 0.25) is 0 Å². The number of hydrogen-bond acceptors (Lipinski definition) is 2. The third kappa shape index (κ3) is 2.66. The molecule has 0 aliphatic rings. The number of nitrogens with two attached hydrogens (primary N) is 1. The van der Waals surface area contributed by atoms with Crippen LogP contribution < -0.4 is 11.1 Å². The molecule has 3 nitrogen and oxygen atoms in total. The second-order valence-corrected chi connectivity index (χ2v) is 4.06. The van der Waals surface area contributed by atoms with Crippen LogP contribution >= 0.6 is 0 Å². The van der Waals surface area contributed by atoms with Gasteiger partial charge in [0.05, 0.1) is 5.69 Å². The number of anilines is 2. The molecule has 0 saturated carbocycles. The summed E-state index contributed by atoms with van der Waals surface area (Å²) in [5.41, 5.74) is 7.42. The highest BCUT2D eigenvalue weighted by Crippen LogP contribution is 2.17. The molecule has 92 valence electrons. The third-order valence-corrected chi connectivity index (χ3v) is 2.56. The molecule has 0 fully saturated rings. The molecule has 3 N–H and O–H groups in total. The maximum atomic E-state index is 13.5. The summed E-state index contributed by atoms with van der Waals surface area (Å²) in [4.78, 5) is 11.9. The predicted molar refractivity (Wildman–Crippen MR) is 69.9 cm³/mol. The van der Waals surface area contributed by atoms with Gasteiger partial charge in [0.2, 0.25) is 0 Å². The summed E-state index contributed by atoms with van der Waals surface area (Å²) in [5.74, 6) is -0.894. The Morgan fingerprint density at radius 1 is 1.17 bits per heavy atom. The number of aryl methyl sites for hydroxylation is 1. The van der Waals surface area contributed by atoms with Gasteiger partial charge in [0, 0.05) is 11.3 Å². The quantitative estimate of drug-likeness (QED) is 0.798. The number of carbonyl (C=O) groups is 1. The van der Waals surface area contributed by atoms with Crippen molar-refractivity contribution < 1.29 is 9.18 Å². The normalized spacial score (nSPS) is 10.1. The summed E-state index contributed by atoms with van der Waals surface area (Å²) < 4.78 is 13.5. The van der Waals surface area contributed by atoms with Gasteiger partial charge >= 0.3 is 0 Å². The Bertz CT molecular complexity index is 579. The van der Waals surface area contributed by atoms with Crippen LogP contribution in [-0.4, -0.2) is 5.91 Å². The van der Waals surface area contributed by atoms with Crippen molar-refractivity contribution in [3.63, 3.8) is 0 Å². The number of carbonyl (C=O) groups excluding carboxylic acids is 1. The van der Waals surface area contributed by atoms with Crippen LogP contribution in [0.4, 0.5) is 15.8 Å². The first-order chi connectivity index (χ1) is 8.56. The Hall–Kier alpha value is -2.36. The molecule has 4 heteroatoms. The Labute approximate surface area is 104 Å². The number of hydrogen-bond donors (Lipinski definition) is 2. The molecule has 0 spiro atoms. The number of rotatable bonds is 2. The minimum Gasteiger partial charge on any atom is -0.399 e. The molecule has 2 aromatic carbocycles. The smallest absolute Gasteiger partial charge is 0.255 e. The second-order valence-electron chi connectivity index (χ2n) is 4.06. The molecule has 0 atom stereocenters. The van der Waals surface area contributed by atoms with Crippen LogP contribution in [0.15, 0.2) is 42.5 Å². The van der Waals surface area contributed by atoms with Crippen LogP contribution in [0, 0.1) is 12.7 Å². The number of nitrogen functional groups attached to an aromatic ring is 1. The largest absolute Gasteiger partial charge is 0.399 e. The van der Waals surface area contributed by atoms with Crippen LogP contribution in [0.3, 0.4) is 0 Å². The zero-order valence-corrected chi connectivity index (χ0v) is 9.91. The van der Waals surface area contributed by atoms with Crippen molar-refractivity contribution in [1.29, 1.82) is 0 Å². The van der Waals surface area contributed by atoms with E-state index in [2.05, 4.69) is 5.32 Å². The van der Waals surface area contributed by atoms with Crippen molar-refractivity contribution in [3.05, 3.63) is 59.4 Å². The minimum atomic E-state index is -0.546. The fourth-order valence-electron chi connectivity index (χ4n) is 1.53. The van der Waals surface area contributed by atoms with Crippen molar-refractivity contribution in [1.82, 2.24) is 0 Å². The van der Waals surface area contributed by atoms with Gasteiger partial charge in [0.15, 0.2) is 0 Å². The number of benzene rings is 2. The number of nitrogens with one attached hydrogen (secondary N) is 1. The lowest BCUT2D eigenvalue weighted by molar-refractivity contribution is 0.102. The van der Waals surface area contributed by atoms with E-state index >= 15 is 0 Å². The Morgan fingerprint density at radius 3 is 2.44 bits per heavy atom. The maximum Gasteiger partial charge on any atom is 0.255 e. The van der Waals surface area contributed by atoms with Crippen molar-refractivity contribution in [2.24, 2.45) is 0 Å². The first-order valence-corrected chi connectivity index (χ1v) is 5.49. The van der Waals surface area contributed by atoms with Crippen LogP contribution in [0.5, 0.6) is 0 Å². The van der Waals surface area contributed by atoms with Gasteiger partial charge < -0.3 is 11.1 Å². The predicted octanol–water partition coefficient (Wildman–Crippen LogP) is 2.97. The van der Waals surface area contributed by atoms with Gasteiger partial charge in [0.25, 0.3) is 5.91 Å². The van der Waals surface area contributed by atoms with Gasteiger partial charge in [-0.3, -0.25) is 4.79 Å². The average molecular weight is 244 g/mol. The van der Waals surface area contributed by atoms with Gasteiger partial charge in [-0.15, -0.1) is 0 Å². The summed E-state index contributed by atoms with van der Waals surface area (Å²) >= 11 is 0. The van der Waals surface area contributed by atoms with Gasteiger partial charge in [-0.25, -0.2) is 4.39 Å². The van der Waals surface area contributed by atoms with E-state index in [1.165, 1.54) is 18.2 Å². The maximum absolute atomic E-state index is 13.5. The van der Waals surface area contributed by atoms with E-state index in [1.807, 2.05) is 19.1 Å². The fraction of sp³-hybridized carbons (Fsp3) is 0.0714. The topological polar surface area (TPSA) is 55.1 Å². The first-order valence-electron chi connectivity index (χ1n) is 5.49. The highest BCUT2D eigenvalue weighted by molar-refractivity contribution is 6.04. The van der Waals surface area contributed by atoms with Crippen LogP contribution in [0.25, 0.3) is 0 Å². The molecule has 2 rings (SSSR count). The lowest BCUT2D eigenvalue weighted by Crippen LogP contribution is -2.13. The highest BCUT2D eigenvalue weighted by Gasteiger charge is 2.09. The molecular weight excluding hydrogens is 231 g/mol. The first kappa shape index (κ1) is 12.1. The highest BCUT2D eigenvalue weighted by atomic mass is 19.1. The summed E-state index contributed by atoms with van der Waals surface area (Å²) in [6.07, 6.45) is 0. The summed E-state index contributed by atoms with van der Waals surface area (Å²) in [6, 6.07) is 11.2. The van der Waals surface area contributed by atoms with Gasteiger partial charge in [0.1, 0.15) is 5.82 Å². The van der Waals surface area contributed by atoms with E-state index in [-0.39, 0.29) is 11.6 Å². The summed E-state index contributed by atoms with van der Waals surface area (Å²) in [5, 5.41) is 2.50. The molecule has 0 heterocycles. The number of amides is 1. The molecule has 1 amide bonds. The average Bonchev–Trinajstić information content (AvgIpc) is 2.33. The number of halogens is 1. The zero-order chi connectivity index (χ0) is 13.1. The van der Waals surface area contributed by atoms with Crippen LogP contribution in [-0.2, 0) is 0 Å². The lowest BCUT2D eigenvalue weighted by Gasteiger charge is -2.07. The zero-order valence-electron chi connectivity index (χ0n) is 9.91. The third-order valence-electron chi connectivity index (χ3n) is 2.56. The molecular formula is C14H13FN2O. The Kier molecular flexibility index (Phi) is 3.28. The van der Waals surface area contributed by atoms with Crippen molar-refractivity contribution in [2.75, 3.05) is 11.1 Å². The SMILES string of the molecule is Cc1ccc(C(=O)Nc2ccc(N)cc2F)cc1. The van der Waals surface area contributed by atoms with E-state index in [0.29, 0.717) is 11.3 Å². The summed E-state index contributed by atoms with van der Waals surface area (Å²) in [6.45, 7) is 1.93. The molecule has 18 heavy (non-hydrogen) atoms. The molecule has 0 unspecified atom stereocenters. The van der Waals surface area contributed by atoms with Crippen LogP contribution in [0.1, 0.15) is 15.9 Å². The molecule has 0 bridgehead atoms. The van der Waals surface area contributed by atoms with Gasteiger partial charge in [-0.05, 0) is 37.3 Å². The molecule has 2 aromatic rings. The van der Waals surface area contributed by atoms with Crippen molar-refractivity contribution in [3.8, 4) is 0 Å². The molecule has 0 saturated heterocycles. The van der Waals surface area contributed by atoms with Crippen molar-refractivity contribution in [2.45, 2.75) is 6.92 Å². The Balaban J connectivity index is 2.18. The van der Waals surface area contributed by atoms with Gasteiger partial charge in [-0.1, -0.05) is 17.7 Å². The molecule has 0 aliphatic heterocycles. The lowest BCUT2D eigenvalue weighted by atomic mass is 10.1. The summed E-state index contributed by atoms with van der Waals surface area (Å²) in [7, 11) is 0. The van der Waals surface area contributed by atoms with E-state index in [4.69, 9.17) is 5.73 Å². The molecule has 0 radical (unpaired) electrons. The van der Waals surface area contributed by atoms with Gasteiger partial charge in [-0.2, -0.15) is 0 Å². The molecule has 0 aliphatic carbocycles. The second kappa shape index (κ2) is 4.87. The van der Waals surface area contributed by atoms with E-state index in [1.54, 1.807) is 12.1 Å². The monoisotopic (exact) mass is 244 g/mol. The fourth-order valence-corrected chi connectivity index (χ4v) is 1.53.